The highest BCUT2D eigenvalue weighted by Crippen LogP contribution is 2.36. The van der Waals surface area contributed by atoms with Crippen LogP contribution < -0.4 is 0 Å². The van der Waals surface area contributed by atoms with Crippen LogP contribution in [-0.2, 0) is 12.7 Å². The molecule has 7 heteroatoms. The lowest BCUT2D eigenvalue weighted by atomic mass is 10.1. The standard InChI is InChI=1S/C11H10F4N2S/c1-17(2)5-7-3-9(12)10(16-6-18)4-8(7)11(13,14)15/h3-4H,5H2,1-2H3. The summed E-state index contributed by atoms with van der Waals surface area (Å²) in [6, 6.07) is 1.47. The van der Waals surface area contributed by atoms with Gasteiger partial charge in [-0.15, -0.1) is 0 Å². The van der Waals surface area contributed by atoms with Crippen molar-refractivity contribution in [1.82, 2.24) is 4.90 Å². The first-order valence-electron chi connectivity index (χ1n) is 4.88. The fourth-order valence-electron chi connectivity index (χ4n) is 1.47. The minimum absolute atomic E-state index is 0.0205. The summed E-state index contributed by atoms with van der Waals surface area (Å²) in [5.41, 5.74) is -1.52. The number of aliphatic imine (C=N–C) groups is 1. The van der Waals surface area contributed by atoms with Crippen molar-refractivity contribution in [2.24, 2.45) is 4.99 Å². The van der Waals surface area contributed by atoms with Gasteiger partial charge in [-0.2, -0.15) is 18.2 Å². The molecule has 0 aliphatic heterocycles. The second-order valence-electron chi connectivity index (χ2n) is 3.90. The first kappa shape index (κ1) is 14.8. The molecule has 98 valence electrons. The number of nitrogens with zero attached hydrogens (tertiary/aromatic N) is 2. The summed E-state index contributed by atoms with van der Waals surface area (Å²) in [5.74, 6) is -0.850. The number of thiocarbonyl (C=S) groups is 1. The molecule has 1 rings (SSSR count). The largest absolute Gasteiger partial charge is 0.416 e. The maximum absolute atomic E-state index is 13.5. The Labute approximate surface area is 107 Å². The van der Waals surface area contributed by atoms with Crippen LogP contribution in [0.25, 0.3) is 0 Å². The predicted octanol–water partition coefficient (Wildman–Crippen LogP) is 3.64. The van der Waals surface area contributed by atoms with Gasteiger partial charge in [-0.25, -0.2) is 4.39 Å². The molecule has 0 bridgehead atoms. The van der Waals surface area contributed by atoms with Gasteiger partial charge in [0.15, 0.2) is 0 Å². The SMILES string of the molecule is CN(C)Cc1cc(F)c(N=C=S)cc1C(F)(F)F. The zero-order chi connectivity index (χ0) is 13.9. The maximum atomic E-state index is 13.5. The summed E-state index contributed by atoms with van der Waals surface area (Å²) in [4.78, 5) is 4.80. The highest BCUT2D eigenvalue weighted by Gasteiger charge is 2.34. The van der Waals surface area contributed by atoms with Crippen LogP contribution in [0.15, 0.2) is 17.1 Å². The number of hydrogen-bond acceptors (Lipinski definition) is 3. The lowest BCUT2D eigenvalue weighted by Crippen LogP contribution is -2.16. The molecule has 0 aromatic heterocycles. The van der Waals surface area contributed by atoms with Gasteiger partial charge in [0.25, 0.3) is 0 Å². The average molecular weight is 278 g/mol. The molecule has 0 N–H and O–H groups in total. The van der Waals surface area contributed by atoms with Gasteiger partial charge >= 0.3 is 6.18 Å². The fraction of sp³-hybridized carbons (Fsp3) is 0.364. The zero-order valence-electron chi connectivity index (χ0n) is 9.68. The van der Waals surface area contributed by atoms with E-state index in [1.165, 1.54) is 4.90 Å². The molecule has 1 aromatic carbocycles. The molecular weight excluding hydrogens is 268 g/mol. The second kappa shape index (κ2) is 5.56. The average Bonchev–Trinajstić information content (AvgIpc) is 2.19. The van der Waals surface area contributed by atoms with Crippen LogP contribution in [0.4, 0.5) is 23.2 Å². The molecule has 0 saturated heterocycles. The van der Waals surface area contributed by atoms with Crippen molar-refractivity contribution in [1.29, 1.82) is 0 Å². The van der Waals surface area contributed by atoms with Gasteiger partial charge < -0.3 is 4.90 Å². The molecule has 2 nitrogen and oxygen atoms in total. The van der Waals surface area contributed by atoms with Crippen molar-refractivity contribution in [2.75, 3.05) is 14.1 Å². The van der Waals surface area contributed by atoms with Gasteiger partial charge in [0.2, 0.25) is 0 Å². The van der Waals surface area contributed by atoms with E-state index in [1.54, 1.807) is 14.1 Å². The monoisotopic (exact) mass is 278 g/mol. The summed E-state index contributed by atoms with van der Waals surface area (Å²) in [6.07, 6.45) is -4.56. The minimum atomic E-state index is -4.56. The van der Waals surface area contributed by atoms with E-state index in [0.717, 1.165) is 6.07 Å². The normalized spacial score (nSPS) is 11.5. The molecule has 0 spiro atoms. The van der Waals surface area contributed by atoms with Gasteiger partial charge in [-0.05, 0) is 44.0 Å². The molecular formula is C11H10F4N2S. The van der Waals surface area contributed by atoms with Gasteiger partial charge in [0.05, 0.1) is 10.7 Å². The van der Waals surface area contributed by atoms with Gasteiger partial charge in [-0.3, -0.25) is 0 Å². The number of hydrogen-bond donors (Lipinski definition) is 0. The third kappa shape index (κ3) is 3.60. The lowest BCUT2D eigenvalue weighted by molar-refractivity contribution is -0.138. The van der Waals surface area contributed by atoms with E-state index in [0.29, 0.717) is 6.07 Å². The Morgan fingerprint density at radius 3 is 2.39 bits per heavy atom. The molecule has 0 aliphatic carbocycles. The first-order chi connectivity index (χ1) is 8.25. The molecule has 0 atom stereocenters. The summed E-state index contributed by atoms with van der Waals surface area (Å²) in [6.45, 7) is -0.0205. The van der Waals surface area contributed by atoms with Crippen molar-refractivity contribution < 1.29 is 17.6 Å². The summed E-state index contributed by atoms with van der Waals surface area (Å²) >= 11 is 4.26. The van der Waals surface area contributed by atoms with Crippen LogP contribution in [0, 0.1) is 5.82 Å². The van der Waals surface area contributed by atoms with E-state index in [-0.39, 0.29) is 12.1 Å². The van der Waals surface area contributed by atoms with E-state index in [2.05, 4.69) is 17.2 Å². The summed E-state index contributed by atoms with van der Waals surface area (Å²) in [5, 5.41) is 1.85. The summed E-state index contributed by atoms with van der Waals surface area (Å²) in [7, 11) is 3.20. The number of rotatable bonds is 3. The Balaban J connectivity index is 3.41. The van der Waals surface area contributed by atoms with E-state index in [9.17, 15) is 17.6 Å². The van der Waals surface area contributed by atoms with Crippen molar-refractivity contribution in [3.8, 4) is 0 Å². The van der Waals surface area contributed by atoms with E-state index >= 15 is 0 Å². The third-order valence-electron chi connectivity index (χ3n) is 2.13. The fourth-order valence-corrected chi connectivity index (χ4v) is 1.57. The Morgan fingerprint density at radius 1 is 1.33 bits per heavy atom. The highest BCUT2D eigenvalue weighted by molar-refractivity contribution is 7.78. The van der Waals surface area contributed by atoms with Crippen LogP contribution in [0.3, 0.4) is 0 Å². The second-order valence-corrected chi connectivity index (χ2v) is 4.08. The molecule has 0 amide bonds. The minimum Gasteiger partial charge on any atom is -0.305 e. The molecule has 1 aromatic rings. The van der Waals surface area contributed by atoms with Crippen LogP contribution in [0.1, 0.15) is 11.1 Å². The van der Waals surface area contributed by atoms with E-state index < -0.39 is 23.2 Å². The van der Waals surface area contributed by atoms with E-state index in [4.69, 9.17) is 0 Å². The lowest BCUT2D eigenvalue weighted by Gasteiger charge is -2.17. The Hall–Kier alpha value is -1.30. The third-order valence-corrected chi connectivity index (χ3v) is 2.22. The van der Waals surface area contributed by atoms with E-state index in [1.807, 2.05) is 5.16 Å². The molecule has 0 fully saturated rings. The molecule has 0 heterocycles. The van der Waals surface area contributed by atoms with Crippen LogP contribution in [0.5, 0.6) is 0 Å². The quantitative estimate of drug-likeness (QED) is 0.476. The van der Waals surface area contributed by atoms with Crippen LogP contribution >= 0.6 is 12.2 Å². The number of alkyl halides is 3. The Bertz CT molecular complexity index is 491. The van der Waals surface area contributed by atoms with Crippen LogP contribution in [-0.4, -0.2) is 24.2 Å². The predicted molar refractivity (Wildman–Crippen MR) is 63.5 cm³/mol. The highest BCUT2D eigenvalue weighted by atomic mass is 32.1. The number of isothiocyanates is 1. The topological polar surface area (TPSA) is 15.6 Å². The van der Waals surface area contributed by atoms with Crippen molar-refractivity contribution >= 4 is 23.1 Å². The summed E-state index contributed by atoms with van der Waals surface area (Å²) < 4.78 is 52.0. The molecule has 0 unspecified atom stereocenters. The Morgan fingerprint density at radius 2 is 1.94 bits per heavy atom. The van der Waals surface area contributed by atoms with Crippen LogP contribution in [0.2, 0.25) is 0 Å². The van der Waals surface area contributed by atoms with Gasteiger partial charge in [-0.1, -0.05) is 0 Å². The molecule has 18 heavy (non-hydrogen) atoms. The van der Waals surface area contributed by atoms with Crippen molar-refractivity contribution in [3.63, 3.8) is 0 Å². The molecule has 0 radical (unpaired) electrons. The van der Waals surface area contributed by atoms with Gasteiger partial charge in [0, 0.05) is 6.54 Å². The zero-order valence-corrected chi connectivity index (χ0v) is 10.5. The maximum Gasteiger partial charge on any atom is 0.416 e. The molecule has 0 aliphatic rings. The Kier molecular flexibility index (Phi) is 4.56. The number of halogens is 4. The molecule has 0 saturated carbocycles. The van der Waals surface area contributed by atoms with Crippen molar-refractivity contribution in [2.45, 2.75) is 12.7 Å². The first-order valence-corrected chi connectivity index (χ1v) is 5.28. The van der Waals surface area contributed by atoms with Gasteiger partial charge in [0.1, 0.15) is 11.5 Å². The number of benzene rings is 1. The smallest absolute Gasteiger partial charge is 0.305 e. The van der Waals surface area contributed by atoms with Crippen molar-refractivity contribution in [3.05, 3.63) is 29.1 Å².